The molecular formula is C25H30NSe+. The van der Waals surface area contributed by atoms with Gasteiger partial charge in [0.05, 0.1) is 0 Å². The number of benzene rings is 2. The Morgan fingerprint density at radius 1 is 0.815 bits per heavy atom. The molecule has 0 atom stereocenters. The predicted octanol–water partition coefficient (Wildman–Crippen LogP) is 5.91. The number of fused-ring (bicyclic) bond motifs is 5. The maximum atomic E-state index is 2.41. The molecule has 2 heteroatoms. The molecule has 0 aliphatic heterocycles. The molecule has 0 amide bonds. The standard InChI is InChI=1S/C25H30NSe/c1-24(2,3)15-16-8-10-18-17(14-16)9-11-19-20-12-13-26(7)23(25(4,5)6)22(20)27-21(18)19/h8-14H,15H2,1-7H3/q+1. The minimum atomic E-state index is 0.152. The van der Waals surface area contributed by atoms with Crippen molar-refractivity contribution >= 4 is 44.6 Å². The second-order valence-corrected chi connectivity index (χ2v) is 12.2. The zero-order chi connectivity index (χ0) is 19.6. The van der Waals surface area contributed by atoms with Crippen LogP contribution in [-0.2, 0) is 18.9 Å². The van der Waals surface area contributed by atoms with Crippen LogP contribution in [0.3, 0.4) is 0 Å². The van der Waals surface area contributed by atoms with Gasteiger partial charge in [-0.25, -0.2) is 0 Å². The van der Waals surface area contributed by atoms with E-state index in [2.05, 4.69) is 95.8 Å². The Hall–Kier alpha value is -1.63. The summed E-state index contributed by atoms with van der Waals surface area (Å²) in [5.74, 6) is 0. The zero-order valence-corrected chi connectivity index (χ0v) is 19.3. The molecule has 0 aliphatic carbocycles. The molecule has 0 N–H and O–H groups in total. The molecule has 0 spiro atoms. The average Bonchev–Trinajstić information content (AvgIpc) is 2.89. The molecule has 0 aliphatic rings. The van der Waals surface area contributed by atoms with Crippen LogP contribution in [0.5, 0.6) is 0 Å². The van der Waals surface area contributed by atoms with Crippen molar-refractivity contribution in [3.05, 3.63) is 53.9 Å². The van der Waals surface area contributed by atoms with Gasteiger partial charge in [0.1, 0.15) is 0 Å². The van der Waals surface area contributed by atoms with Gasteiger partial charge in [-0.05, 0) is 0 Å². The van der Waals surface area contributed by atoms with Crippen LogP contribution in [0, 0.1) is 5.41 Å². The molecule has 1 nitrogen and oxygen atoms in total. The summed E-state index contributed by atoms with van der Waals surface area (Å²) in [4.78, 5) is 0. The van der Waals surface area contributed by atoms with Gasteiger partial charge >= 0.3 is 169 Å². The van der Waals surface area contributed by atoms with E-state index in [9.17, 15) is 0 Å². The number of rotatable bonds is 1. The molecular weight excluding hydrogens is 393 g/mol. The van der Waals surface area contributed by atoms with E-state index in [0.717, 1.165) is 6.42 Å². The summed E-state index contributed by atoms with van der Waals surface area (Å²) in [5, 5.41) is 5.75. The number of hydrogen-bond donors (Lipinski definition) is 0. The van der Waals surface area contributed by atoms with Crippen molar-refractivity contribution in [2.75, 3.05) is 0 Å². The van der Waals surface area contributed by atoms with E-state index >= 15 is 0 Å². The third kappa shape index (κ3) is 3.35. The Bertz CT molecular complexity index is 1170. The maximum absolute atomic E-state index is 2.41. The van der Waals surface area contributed by atoms with E-state index in [0.29, 0.717) is 19.9 Å². The van der Waals surface area contributed by atoms with E-state index in [1.807, 2.05) is 0 Å². The molecule has 0 saturated carbocycles. The van der Waals surface area contributed by atoms with Gasteiger partial charge in [0.25, 0.3) is 0 Å². The molecule has 2 aromatic heterocycles. The Kier molecular flexibility index (Phi) is 4.29. The van der Waals surface area contributed by atoms with Crippen molar-refractivity contribution in [3.8, 4) is 0 Å². The van der Waals surface area contributed by atoms with Crippen molar-refractivity contribution in [1.29, 1.82) is 0 Å². The molecule has 2 aromatic carbocycles. The summed E-state index contributed by atoms with van der Waals surface area (Å²) in [6.45, 7) is 13.9. The van der Waals surface area contributed by atoms with Crippen LogP contribution < -0.4 is 4.57 Å². The Labute approximate surface area is 168 Å². The Balaban J connectivity index is 2.01. The van der Waals surface area contributed by atoms with Crippen molar-refractivity contribution in [1.82, 2.24) is 0 Å². The minimum absolute atomic E-state index is 0.152. The summed E-state index contributed by atoms with van der Waals surface area (Å²) < 4.78 is 5.46. The molecule has 0 unspecified atom stereocenters. The van der Waals surface area contributed by atoms with E-state index in [1.165, 1.54) is 32.8 Å². The van der Waals surface area contributed by atoms with Crippen LogP contribution in [0.15, 0.2) is 42.6 Å². The summed E-state index contributed by atoms with van der Waals surface area (Å²) in [6.07, 6.45) is 3.36. The van der Waals surface area contributed by atoms with Crippen molar-refractivity contribution in [2.45, 2.75) is 53.4 Å². The van der Waals surface area contributed by atoms with E-state index in [1.54, 1.807) is 8.52 Å². The van der Waals surface area contributed by atoms with Crippen LogP contribution >= 0.6 is 0 Å². The molecule has 0 bridgehead atoms. The summed E-state index contributed by atoms with van der Waals surface area (Å²) >= 11 is 0.358. The third-order valence-electron chi connectivity index (χ3n) is 5.25. The molecule has 27 heavy (non-hydrogen) atoms. The van der Waals surface area contributed by atoms with Gasteiger partial charge in [0.2, 0.25) is 0 Å². The first-order valence-electron chi connectivity index (χ1n) is 9.82. The van der Waals surface area contributed by atoms with Gasteiger partial charge in [-0.15, -0.1) is 0 Å². The Morgan fingerprint density at radius 3 is 2.15 bits per heavy atom. The van der Waals surface area contributed by atoms with Gasteiger partial charge in [0.15, 0.2) is 0 Å². The molecule has 0 saturated heterocycles. The molecule has 4 aromatic rings. The second kappa shape index (κ2) is 6.19. The van der Waals surface area contributed by atoms with Crippen LogP contribution in [0.4, 0.5) is 0 Å². The van der Waals surface area contributed by atoms with Crippen molar-refractivity contribution in [3.63, 3.8) is 0 Å². The first kappa shape index (κ1) is 18.7. The van der Waals surface area contributed by atoms with E-state index in [-0.39, 0.29) is 5.41 Å². The first-order chi connectivity index (χ1) is 12.5. The quantitative estimate of drug-likeness (QED) is 0.265. The fourth-order valence-corrected chi connectivity index (χ4v) is 7.71. The van der Waals surface area contributed by atoms with E-state index in [4.69, 9.17) is 0 Å². The summed E-state index contributed by atoms with van der Waals surface area (Å²) in [7, 11) is 2.19. The third-order valence-corrected chi connectivity index (χ3v) is 7.90. The van der Waals surface area contributed by atoms with Crippen LogP contribution in [-0.4, -0.2) is 14.5 Å². The van der Waals surface area contributed by atoms with Gasteiger partial charge in [-0.1, -0.05) is 0 Å². The van der Waals surface area contributed by atoms with E-state index < -0.39 is 0 Å². The van der Waals surface area contributed by atoms with Gasteiger partial charge in [-0.2, -0.15) is 0 Å². The average molecular weight is 423 g/mol. The second-order valence-electron chi connectivity index (χ2n) is 10.1. The van der Waals surface area contributed by atoms with Crippen LogP contribution in [0.1, 0.15) is 52.8 Å². The number of aryl methyl sites for hydroxylation is 1. The number of nitrogens with zero attached hydrogens (tertiary/aromatic N) is 1. The van der Waals surface area contributed by atoms with Crippen molar-refractivity contribution in [2.24, 2.45) is 12.5 Å². The predicted molar refractivity (Wildman–Crippen MR) is 119 cm³/mol. The SMILES string of the molecule is C[n+]1ccc2c([se]c3c4ccc(CC(C)(C)C)cc4ccc23)c1C(C)(C)C. The number of pyridine rings is 1. The topological polar surface area (TPSA) is 3.88 Å². The fourth-order valence-electron chi connectivity index (χ4n) is 4.31. The fraction of sp³-hybridized carbons (Fsp3) is 0.400. The molecule has 0 fully saturated rings. The Morgan fingerprint density at radius 2 is 1.48 bits per heavy atom. The molecule has 2 heterocycles. The van der Waals surface area contributed by atoms with Crippen LogP contribution in [0.25, 0.3) is 30.1 Å². The molecule has 0 radical (unpaired) electrons. The monoisotopic (exact) mass is 424 g/mol. The van der Waals surface area contributed by atoms with Gasteiger partial charge in [-0.3, -0.25) is 0 Å². The van der Waals surface area contributed by atoms with Crippen molar-refractivity contribution < 1.29 is 4.57 Å². The van der Waals surface area contributed by atoms with Gasteiger partial charge < -0.3 is 0 Å². The summed E-state index contributed by atoms with van der Waals surface area (Å²) in [5.41, 5.74) is 3.40. The summed E-state index contributed by atoms with van der Waals surface area (Å²) in [6, 6.07) is 14.1. The molecule has 140 valence electrons. The normalized spacial score (nSPS) is 13.1. The number of hydrogen-bond acceptors (Lipinski definition) is 0. The van der Waals surface area contributed by atoms with Gasteiger partial charge in [0, 0.05) is 0 Å². The first-order valence-corrected chi connectivity index (χ1v) is 11.5. The zero-order valence-electron chi connectivity index (χ0n) is 17.6. The molecule has 4 rings (SSSR count). The number of aromatic nitrogens is 1. The van der Waals surface area contributed by atoms with Crippen LogP contribution in [0.2, 0.25) is 0 Å².